The number of fused-ring (bicyclic) bond motifs is 1. The number of hydrogen-bond acceptors (Lipinski definition) is 3. The van der Waals surface area contributed by atoms with E-state index in [1.807, 2.05) is 72.8 Å². The van der Waals surface area contributed by atoms with Gasteiger partial charge in [0.05, 0.1) is 0 Å². The van der Waals surface area contributed by atoms with Gasteiger partial charge in [-0.15, -0.1) is 0 Å². The van der Waals surface area contributed by atoms with Gasteiger partial charge < -0.3 is 5.73 Å². The van der Waals surface area contributed by atoms with E-state index in [1.165, 1.54) is 11.1 Å². The van der Waals surface area contributed by atoms with Crippen LogP contribution in [0.4, 0.5) is 0 Å². The molecule has 1 aliphatic heterocycles. The van der Waals surface area contributed by atoms with Crippen LogP contribution in [0.3, 0.4) is 0 Å². The summed E-state index contributed by atoms with van der Waals surface area (Å²) >= 11 is 0. The monoisotopic (exact) mass is 367 g/mol. The van der Waals surface area contributed by atoms with E-state index < -0.39 is 5.54 Å². The number of rotatable bonds is 3. The predicted molar refractivity (Wildman–Crippen MR) is 110 cm³/mol. The number of benzene rings is 3. The summed E-state index contributed by atoms with van der Waals surface area (Å²) in [6.07, 6.45) is 1.61. The summed E-state index contributed by atoms with van der Waals surface area (Å²) in [6, 6.07) is 27.8. The number of carbonyl (C=O) groups excluding carboxylic acids is 1. The molecule has 138 valence electrons. The third kappa shape index (κ3) is 2.38. The van der Waals surface area contributed by atoms with Gasteiger partial charge in [-0.3, -0.25) is 9.69 Å². The van der Waals surface area contributed by atoms with Crippen molar-refractivity contribution >= 4 is 11.9 Å². The maximum absolute atomic E-state index is 13.9. The van der Waals surface area contributed by atoms with Gasteiger partial charge >= 0.3 is 0 Å². The molecule has 28 heavy (non-hydrogen) atoms. The van der Waals surface area contributed by atoms with Crippen molar-refractivity contribution in [3.05, 3.63) is 107 Å². The van der Waals surface area contributed by atoms with Crippen molar-refractivity contribution in [1.82, 2.24) is 4.90 Å². The number of nitrogens with two attached hydrogens (primary N) is 1. The quantitative estimate of drug-likeness (QED) is 0.772. The lowest BCUT2D eigenvalue weighted by atomic mass is 9.82. The highest BCUT2D eigenvalue weighted by Gasteiger charge is 2.52. The van der Waals surface area contributed by atoms with E-state index in [0.29, 0.717) is 5.96 Å². The molecule has 0 bridgehead atoms. The highest BCUT2D eigenvalue weighted by atomic mass is 16.2. The van der Waals surface area contributed by atoms with Crippen LogP contribution in [0.1, 0.15) is 22.3 Å². The van der Waals surface area contributed by atoms with E-state index >= 15 is 0 Å². The summed E-state index contributed by atoms with van der Waals surface area (Å²) in [5.41, 5.74) is 9.51. The van der Waals surface area contributed by atoms with Gasteiger partial charge in [0.2, 0.25) is 0 Å². The predicted octanol–water partition coefficient (Wildman–Crippen LogP) is 3.25. The molecule has 2 aliphatic rings. The molecule has 0 saturated heterocycles. The minimum Gasteiger partial charge on any atom is -0.369 e. The lowest BCUT2D eigenvalue weighted by Gasteiger charge is -2.29. The third-order valence-corrected chi connectivity index (χ3v) is 5.84. The van der Waals surface area contributed by atoms with Gasteiger partial charge in [-0.25, -0.2) is 4.99 Å². The van der Waals surface area contributed by atoms with Gasteiger partial charge in [0.1, 0.15) is 0 Å². The Kier molecular flexibility index (Phi) is 3.79. The molecule has 1 aliphatic carbocycles. The van der Waals surface area contributed by atoms with E-state index in [9.17, 15) is 4.79 Å². The maximum Gasteiger partial charge on any atom is 0.266 e. The van der Waals surface area contributed by atoms with Crippen LogP contribution in [-0.4, -0.2) is 22.8 Å². The molecule has 0 fully saturated rings. The first-order valence-electron chi connectivity index (χ1n) is 9.57. The van der Waals surface area contributed by atoms with E-state index in [0.717, 1.165) is 24.0 Å². The molecular formula is C24H21N3O. The molecule has 0 atom stereocenters. The van der Waals surface area contributed by atoms with Crippen molar-refractivity contribution in [2.24, 2.45) is 10.7 Å². The Morgan fingerprint density at radius 1 is 0.786 bits per heavy atom. The van der Waals surface area contributed by atoms with Crippen molar-refractivity contribution in [3.63, 3.8) is 0 Å². The maximum atomic E-state index is 13.9. The van der Waals surface area contributed by atoms with Crippen LogP contribution in [0.5, 0.6) is 0 Å². The smallest absolute Gasteiger partial charge is 0.266 e. The van der Waals surface area contributed by atoms with E-state index in [1.54, 1.807) is 4.90 Å². The zero-order chi connectivity index (χ0) is 19.1. The molecule has 4 heteroatoms. The van der Waals surface area contributed by atoms with E-state index in [-0.39, 0.29) is 11.9 Å². The SMILES string of the molecule is NC1=NC(c2ccccc2)(c2ccccc2)C(=O)N1C1Cc2ccccc2C1. The van der Waals surface area contributed by atoms with Crippen LogP contribution in [0.2, 0.25) is 0 Å². The molecular weight excluding hydrogens is 346 g/mol. The fourth-order valence-electron chi connectivity index (χ4n) is 4.52. The summed E-state index contributed by atoms with van der Waals surface area (Å²) in [5.74, 6) is 0.232. The largest absolute Gasteiger partial charge is 0.369 e. The number of amides is 1. The molecule has 0 spiro atoms. The Hall–Kier alpha value is -3.40. The van der Waals surface area contributed by atoms with Crippen molar-refractivity contribution in [2.45, 2.75) is 24.4 Å². The minimum absolute atomic E-state index is 0.00273. The normalized spacial score (nSPS) is 18.2. The molecule has 0 saturated carbocycles. The van der Waals surface area contributed by atoms with Gasteiger partial charge in [0.15, 0.2) is 11.5 Å². The summed E-state index contributed by atoms with van der Waals surface area (Å²) in [4.78, 5) is 20.4. The highest BCUT2D eigenvalue weighted by molar-refractivity contribution is 6.09. The van der Waals surface area contributed by atoms with Gasteiger partial charge in [0.25, 0.3) is 5.91 Å². The lowest BCUT2D eigenvalue weighted by Crippen LogP contribution is -2.49. The van der Waals surface area contributed by atoms with Crippen LogP contribution < -0.4 is 5.73 Å². The number of guanidine groups is 1. The topological polar surface area (TPSA) is 58.7 Å². The first-order chi connectivity index (χ1) is 13.7. The van der Waals surface area contributed by atoms with Crippen molar-refractivity contribution in [2.75, 3.05) is 0 Å². The van der Waals surface area contributed by atoms with Gasteiger partial charge in [0, 0.05) is 6.04 Å². The first kappa shape index (κ1) is 16.8. The van der Waals surface area contributed by atoms with Crippen LogP contribution in [0.15, 0.2) is 89.9 Å². The van der Waals surface area contributed by atoms with Crippen molar-refractivity contribution < 1.29 is 4.79 Å². The van der Waals surface area contributed by atoms with Gasteiger partial charge in [-0.2, -0.15) is 0 Å². The van der Waals surface area contributed by atoms with Crippen LogP contribution in [-0.2, 0) is 23.2 Å². The fraction of sp³-hybridized carbons (Fsp3) is 0.167. The minimum atomic E-state index is -1.12. The summed E-state index contributed by atoms with van der Waals surface area (Å²) in [6.45, 7) is 0. The van der Waals surface area contributed by atoms with Crippen LogP contribution in [0.25, 0.3) is 0 Å². The Balaban J connectivity index is 1.60. The van der Waals surface area contributed by atoms with E-state index in [2.05, 4.69) is 12.1 Å². The molecule has 5 rings (SSSR count). The highest BCUT2D eigenvalue weighted by Crippen LogP contribution is 2.41. The first-order valence-corrected chi connectivity index (χ1v) is 9.57. The van der Waals surface area contributed by atoms with Crippen LogP contribution in [0, 0.1) is 0 Å². The average molecular weight is 367 g/mol. The molecule has 0 aromatic heterocycles. The number of aliphatic imine (C=N–C) groups is 1. The third-order valence-electron chi connectivity index (χ3n) is 5.84. The number of nitrogens with zero attached hydrogens (tertiary/aromatic N) is 2. The molecule has 0 radical (unpaired) electrons. The molecule has 3 aromatic rings. The molecule has 2 N–H and O–H groups in total. The summed E-state index contributed by atoms with van der Waals surface area (Å²) in [5, 5.41) is 0. The Morgan fingerprint density at radius 2 is 1.25 bits per heavy atom. The molecule has 1 heterocycles. The number of carbonyl (C=O) groups is 1. The second kappa shape index (κ2) is 6.34. The molecule has 4 nitrogen and oxygen atoms in total. The Labute approximate surface area is 164 Å². The fourth-order valence-corrected chi connectivity index (χ4v) is 4.52. The van der Waals surface area contributed by atoms with Crippen molar-refractivity contribution in [3.8, 4) is 0 Å². The summed E-state index contributed by atoms with van der Waals surface area (Å²) in [7, 11) is 0. The zero-order valence-corrected chi connectivity index (χ0v) is 15.5. The molecule has 1 amide bonds. The molecule has 3 aromatic carbocycles. The average Bonchev–Trinajstić information content (AvgIpc) is 3.27. The molecule has 0 unspecified atom stereocenters. The Bertz CT molecular complexity index is 995. The van der Waals surface area contributed by atoms with Crippen LogP contribution >= 0.6 is 0 Å². The lowest BCUT2D eigenvalue weighted by molar-refractivity contribution is -0.131. The standard InChI is InChI=1S/C24H21N3O/c25-23-26-24(19-11-3-1-4-12-19,20-13-5-2-6-14-20)22(28)27(23)21-15-17-9-7-8-10-18(17)16-21/h1-14,21H,15-16H2,(H2,25,26). The van der Waals surface area contributed by atoms with Gasteiger partial charge in [-0.05, 0) is 35.1 Å². The van der Waals surface area contributed by atoms with Gasteiger partial charge in [-0.1, -0.05) is 84.9 Å². The second-order valence-electron chi connectivity index (χ2n) is 7.42. The Morgan fingerprint density at radius 3 is 1.75 bits per heavy atom. The second-order valence-corrected chi connectivity index (χ2v) is 7.42. The summed E-state index contributed by atoms with van der Waals surface area (Å²) < 4.78 is 0. The van der Waals surface area contributed by atoms with E-state index in [4.69, 9.17) is 10.7 Å². The van der Waals surface area contributed by atoms with Crippen molar-refractivity contribution in [1.29, 1.82) is 0 Å². The zero-order valence-electron chi connectivity index (χ0n) is 15.5. The number of hydrogen-bond donors (Lipinski definition) is 1.